The van der Waals surface area contributed by atoms with Gasteiger partial charge in [0.15, 0.2) is 0 Å². The van der Waals surface area contributed by atoms with Gasteiger partial charge in [0.1, 0.15) is 18.2 Å². The van der Waals surface area contributed by atoms with Gasteiger partial charge in [0.05, 0.1) is 11.0 Å². The van der Waals surface area contributed by atoms with Crippen LogP contribution in [0.5, 0.6) is 5.75 Å². The predicted octanol–water partition coefficient (Wildman–Crippen LogP) is 5.35. The topological polar surface area (TPSA) is 27.1 Å². The van der Waals surface area contributed by atoms with Crippen LogP contribution in [0.25, 0.3) is 21.8 Å². The molecule has 0 atom stereocenters. The molecule has 0 saturated carbocycles. The summed E-state index contributed by atoms with van der Waals surface area (Å²) >= 11 is 0. The van der Waals surface area contributed by atoms with Crippen LogP contribution in [-0.4, -0.2) is 9.55 Å². The van der Waals surface area contributed by atoms with E-state index in [0.29, 0.717) is 12.6 Å². The van der Waals surface area contributed by atoms with E-state index in [-0.39, 0.29) is 0 Å². The van der Waals surface area contributed by atoms with Crippen molar-refractivity contribution in [3.05, 3.63) is 72.6 Å². The molecule has 0 radical (unpaired) electrons. The van der Waals surface area contributed by atoms with Gasteiger partial charge in [-0.05, 0) is 37.4 Å². The average molecular weight is 316 g/mol. The van der Waals surface area contributed by atoms with Crippen LogP contribution in [0.15, 0.2) is 66.7 Å². The van der Waals surface area contributed by atoms with Crippen molar-refractivity contribution in [3.63, 3.8) is 0 Å². The zero-order valence-corrected chi connectivity index (χ0v) is 13.9. The number of rotatable bonds is 4. The summed E-state index contributed by atoms with van der Waals surface area (Å²) in [4.78, 5) is 4.77. The van der Waals surface area contributed by atoms with Crippen molar-refractivity contribution < 1.29 is 4.74 Å². The summed E-state index contributed by atoms with van der Waals surface area (Å²) in [7, 11) is 0. The molecule has 0 bridgehead atoms. The minimum Gasteiger partial charge on any atom is -0.485 e. The summed E-state index contributed by atoms with van der Waals surface area (Å²) in [6, 6.07) is 23.0. The van der Waals surface area contributed by atoms with Gasteiger partial charge in [-0.25, -0.2) is 4.98 Å². The Morgan fingerprint density at radius 3 is 2.54 bits per heavy atom. The summed E-state index contributed by atoms with van der Waals surface area (Å²) < 4.78 is 8.39. The van der Waals surface area contributed by atoms with Crippen molar-refractivity contribution in [1.82, 2.24) is 9.55 Å². The standard InChI is InChI=1S/C21H20N2O/c1-15(2)23-19-12-6-5-11-18(19)22-21(23)14-24-20-13-7-9-16-8-3-4-10-17(16)20/h3-13,15H,14H2,1-2H3. The molecule has 1 heterocycles. The molecule has 0 unspecified atom stereocenters. The molecule has 0 fully saturated rings. The fraction of sp³-hybridized carbons (Fsp3) is 0.190. The number of hydrogen-bond donors (Lipinski definition) is 0. The van der Waals surface area contributed by atoms with Gasteiger partial charge in [0.2, 0.25) is 0 Å². The van der Waals surface area contributed by atoms with Crippen molar-refractivity contribution in [3.8, 4) is 5.75 Å². The van der Waals surface area contributed by atoms with Crippen molar-refractivity contribution in [2.45, 2.75) is 26.5 Å². The monoisotopic (exact) mass is 316 g/mol. The number of ether oxygens (including phenoxy) is 1. The molecule has 3 heteroatoms. The molecular weight excluding hydrogens is 296 g/mol. The van der Waals surface area contributed by atoms with Crippen molar-refractivity contribution in [2.24, 2.45) is 0 Å². The first-order valence-electron chi connectivity index (χ1n) is 8.30. The van der Waals surface area contributed by atoms with Gasteiger partial charge in [-0.1, -0.05) is 48.5 Å². The number of imidazole rings is 1. The molecule has 0 aliphatic carbocycles. The first-order chi connectivity index (χ1) is 11.7. The SMILES string of the molecule is CC(C)n1c(COc2cccc3ccccc23)nc2ccccc21. The highest BCUT2D eigenvalue weighted by Crippen LogP contribution is 2.27. The highest BCUT2D eigenvalue weighted by atomic mass is 16.5. The molecule has 4 aromatic rings. The minimum atomic E-state index is 0.337. The minimum absolute atomic E-state index is 0.337. The van der Waals surface area contributed by atoms with E-state index in [0.717, 1.165) is 28.0 Å². The first-order valence-corrected chi connectivity index (χ1v) is 8.30. The summed E-state index contributed by atoms with van der Waals surface area (Å²) in [5.74, 6) is 1.86. The molecule has 0 aliphatic heterocycles. The van der Waals surface area contributed by atoms with E-state index in [1.54, 1.807) is 0 Å². The van der Waals surface area contributed by atoms with Crippen LogP contribution < -0.4 is 4.74 Å². The van der Waals surface area contributed by atoms with E-state index < -0.39 is 0 Å². The lowest BCUT2D eigenvalue weighted by molar-refractivity contribution is 0.291. The fourth-order valence-electron chi connectivity index (χ4n) is 3.24. The zero-order valence-electron chi connectivity index (χ0n) is 13.9. The van der Waals surface area contributed by atoms with E-state index in [1.165, 1.54) is 5.39 Å². The molecule has 0 spiro atoms. The predicted molar refractivity (Wildman–Crippen MR) is 98.4 cm³/mol. The Labute approximate surface area is 141 Å². The lowest BCUT2D eigenvalue weighted by Gasteiger charge is -2.14. The maximum absolute atomic E-state index is 6.14. The smallest absolute Gasteiger partial charge is 0.148 e. The van der Waals surface area contributed by atoms with E-state index in [1.807, 2.05) is 30.3 Å². The Balaban J connectivity index is 1.71. The van der Waals surface area contributed by atoms with Gasteiger partial charge < -0.3 is 9.30 Å². The van der Waals surface area contributed by atoms with Crippen molar-refractivity contribution in [1.29, 1.82) is 0 Å². The second kappa shape index (κ2) is 6.00. The molecular formula is C21H20N2O. The van der Waals surface area contributed by atoms with Crippen LogP contribution in [0.1, 0.15) is 25.7 Å². The maximum Gasteiger partial charge on any atom is 0.148 e. The van der Waals surface area contributed by atoms with E-state index >= 15 is 0 Å². The number of para-hydroxylation sites is 2. The Morgan fingerprint density at radius 2 is 1.67 bits per heavy atom. The molecule has 0 amide bonds. The molecule has 4 rings (SSSR count). The third-order valence-electron chi connectivity index (χ3n) is 4.29. The van der Waals surface area contributed by atoms with Crippen molar-refractivity contribution >= 4 is 21.8 Å². The summed E-state index contributed by atoms with van der Waals surface area (Å²) in [6.45, 7) is 4.81. The number of benzene rings is 3. The van der Waals surface area contributed by atoms with Crippen molar-refractivity contribution in [2.75, 3.05) is 0 Å². The van der Waals surface area contributed by atoms with Crippen LogP contribution >= 0.6 is 0 Å². The Bertz CT molecular complexity index is 996. The Hall–Kier alpha value is -2.81. The molecule has 0 aliphatic rings. The Kier molecular flexibility index (Phi) is 3.69. The van der Waals surface area contributed by atoms with Crippen LogP contribution in [-0.2, 0) is 6.61 Å². The van der Waals surface area contributed by atoms with Gasteiger partial charge in [-0.2, -0.15) is 0 Å². The molecule has 3 nitrogen and oxygen atoms in total. The fourth-order valence-corrected chi connectivity index (χ4v) is 3.24. The zero-order chi connectivity index (χ0) is 16.5. The number of fused-ring (bicyclic) bond motifs is 2. The van der Waals surface area contributed by atoms with Crippen LogP contribution in [0, 0.1) is 0 Å². The Morgan fingerprint density at radius 1 is 0.917 bits per heavy atom. The number of aromatic nitrogens is 2. The number of nitrogens with zero attached hydrogens (tertiary/aromatic N) is 2. The van der Waals surface area contributed by atoms with Crippen LogP contribution in [0.3, 0.4) is 0 Å². The van der Waals surface area contributed by atoms with Crippen LogP contribution in [0.4, 0.5) is 0 Å². The maximum atomic E-state index is 6.14. The van der Waals surface area contributed by atoms with Gasteiger partial charge in [0, 0.05) is 11.4 Å². The summed E-state index contributed by atoms with van der Waals surface area (Å²) in [5.41, 5.74) is 2.17. The highest BCUT2D eigenvalue weighted by molar-refractivity contribution is 5.88. The van der Waals surface area contributed by atoms with E-state index in [4.69, 9.17) is 9.72 Å². The lowest BCUT2D eigenvalue weighted by atomic mass is 10.1. The highest BCUT2D eigenvalue weighted by Gasteiger charge is 2.13. The summed E-state index contributed by atoms with van der Waals surface area (Å²) in [5, 5.41) is 2.32. The molecule has 0 N–H and O–H groups in total. The van der Waals surface area contributed by atoms with Gasteiger partial charge in [0.25, 0.3) is 0 Å². The molecule has 3 aromatic carbocycles. The third kappa shape index (κ3) is 2.52. The van der Waals surface area contributed by atoms with Gasteiger partial charge >= 0.3 is 0 Å². The largest absolute Gasteiger partial charge is 0.485 e. The first kappa shape index (κ1) is 14.8. The second-order valence-corrected chi connectivity index (χ2v) is 6.25. The normalized spacial score (nSPS) is 11.5. The molecule has 120 valence electrons. The second-order valence-electron chi connectivity index (χ2n) is 6.25. The van der Waals surface area contributed by atoms with E-state index in [9.17, 15) is 0 Å². The quantitative estimate of drug-likeness (QED) is 0.507. The van der Waals surface area contributed by atoms with E-state index in [2.05, 4.69) is 54.8 Å². The average Bonchev–Trinajstić information content (AvgIpc) is 2.98. The third-order valence-corrected chi connectivity index (χ3v) is 4.29. The molecule has 24 heavy (non-hydrogen) atoms. The summed E-state index contributed by atoms with van der Waals surface area (Å²) in [6.07, 6.45) is 0. The van der Waals surface area contributed by atoms with Gasteiger partial charge in [-0.15, -0.1) is 0 Å². The van der Waals surface area contributed by atoms with Crippen LogP contribution in [0.2, 0.25) is 0 Å². The molecule has 1 aromatic heterocycles. The lowest BCUT2D eigenvalue weighted by Crippen LogP contribution is -2.09. The number of hydrogen-bond acceptors (Lipinski definition) is 2. The molecule has 0 saturated heterocycles. The van der Waals surface area contributed by atoms with Gasteiger partial charge in [-0.3, -0.25) is 0 Å².